The predicted molar refractivity (Wildman–Crippen MR) is 109 cm³/mol. The molecule has 1 N–H and O–H groups in total. The van der Waals surface area contributed by atoms with Crippen molar-refractivity contribution in [3.05, 3.63) is 34.5 Å². The van der Waals surface area contributed by atoms with E-state index in [-0.39, 0.29) is 5.91 Å². The third-order valence-corrected chi connectivity index (χ3v) is 6.21. The van der Waals surface area contributed by atoms with Crippen LogP contribution in [-0.4, -0.2) is 51.3 Å². The number of ether oxygens (including phenoxy) is 2. The fourth-order valence-corrected chi connectivity index (χ4v) is 4.65. The molecule has 1 aromatic carbocycles. The summed E-state index contributed by atoms with van der Waals surface area (Å²) in [6.07, 6.45) is 0.915. The summed E-state index contributed by atoms with van der Waals surface area (Å²) >= 11 is 2.98. The number of carbonyl (C=O) groups excluding carboxylic acids is 1. The molecule has 0 radical (unpaired) electrons. The van der Waals surface area contributed by atoms with Crippen molar-refractivity contribution in [2.75, 3.05) is 45.3 Å². The first-order valence-corrected chi connectivity index (χ1v) is 10.7. The van der Waals surface area contributed by atoms with Crippen molar-refractivity contribution < 1.29 is 19.2 Å². The topological polar surface area (TPSA) is 56.1 Å². The zero-order valence-corrected chi connectivity index (χ0v) is 17.0. The van der Waals surface area contributed by atoms with Crippen LogP contribution in [0, 0.1) is 0 Å². The molecule has 0 atom stereocenters. The number of thiophene rings is 1. The maximum absolute atomic E-state index is 13.1. The molecule has 2 aromatic heterocycles. The van der Waals surface area contributed by atoms with E-state index in [9.17, 15) is 4.79 Å². The number of rotatable bonds is 6. The van der Waals surface area contributed by atoms with E-state index in [1.54, 1.807) is 4.90 Å². The van der Waals surface area contributed by atoms with Gasteiger partial charge in [-0.25, -0.2) is 4.98 Å². The van der Waals surface area contributed by atoms with Crippen LogP contribution < -0.4 is 19.3 Å². The van der Waals surface area contributed by atoms with Gasteiger partial charge in [0, 0.05) is 25.1 Å². The number of hydrogen-bond acceptors (Lipinski definition) is 6. The summed E-state index contributed by atoms with van der Waals surface area (Å²) in [6, 6.07) is 7.64. The lowest BCUT2D eigenvalue weighted by Crippen LogP contribution is -3.05. The summed E-state index contributed by atoms with van der Waals surface area (Å²) in [5, 5.41) is 2.65. The van der Waals surface area contributed by atoms with E-state index in [1.807, 2.05) is 29.6 Å². The second kappa shape index (κ2) is 7.84. The Morgan fingerprint density at radius 2 is 2.04 bits per heavy atom. The van der Waals surface area contributed by atoms with E-state index in [0.717, 1.165) is 44.7 Å². The van der Waals surface area contributed by atoms with Crippen molar-refractivity contribution in [2.45, 2.75) is 6.42 Å². The van der Waals surface area contributed by atoms with Crippen LogP contribution in [0.4, 0.5) is 5.13 Å². The smallest absolute Gasteiger partial charge is 0.270 e. The SMILES string of the molecule is C[NH+](C)CCCN(C(=O)c1cccs1)c1nc2cc3c(cc2s1)OCCO3. The van der Waals surface area contributed by atoms with Gasteiger partial charge < -0.3 is 14.4 Å². The van der Waals surface area contributed by atoms with Crippen molar-refractivity contribution in [3.63, 3.8) is 0 Å². The average Bonchev–Trinajstić information content (AvgIpc) is 3.32. The summed E-state index contributed by atoms with van der Waals surface area (Å²) in [6.45, 7) is 2.74. The zero-order chi connectivity index (χ0) is 18.8. The van der Waals surface area contributed by atoms with Gasteiger partial charge in [-0.15, -0.1) is 11.3 Å². The minimum atomic E-state index is 0.00933. The minimum Gasteiger partial charge on any atom is -0.486 e. The standard InChI is InChI=1S/C19H21N3O3S2/c1-21(2)6-4-7-22(18(23)16-5-3-10-26-16)19-20-13-11-14-15(12-17(13)27-19)25-9-8-24-14/h3,5,10-12H,4,6-9H2,1-2H3/p+1. The number of aromatic nitrogens is 1. The van der Waals surface area contributed by atoms with E-state index < -0.39 is 0 Å². The predicted octanol–water partition coefficient (Wildman–Crippen LogP) is 2.31. The number of hydrogen-bond donors (Lipinski definition) is 1. The van der Waals surface area contributed by atoms with Crippen molar-refractivity contribution in [1.29, 1.82) is 0 Å². The minimum absolute atomic E-state index is 0.00933. The average molecular weight is 405 g/mol. The molecular weight excluding hydrogens is 382 g/mol. The van der Waals surface area contributed by atoms with E-state index in [1.165, 1.54) is 27.6 Å². The lowest BCUT2D eigenvalue weighted by molar-refractivity contribution is -0.858. The van der Waals surface area contributed by atoms with Gasteiger partial charge in [0.1, 0.15) is 13.2 Å². The number of carbonyl (C=O) groups is 1. The quantitative estimate of drug-likeness (QED) is 0.685. The first-order valence-electron chi connectivity index (χ1n) is 8.96. The third kappa shape index (κ3) is 3.92. The number of benzene rings is 1. The first-order chi connectivity index (χ1) is 13.1. The molecule has 8 heteroatoms. The Balaban J connectivity index is 1.66. The van der Waals surface area contributed by atoms with Crippen molar-refractivity contribution in [2.24, 2.45) is 0 Å². The second-order valence-corrected chi connectivity index (χ2v) is 8.66. The van der Waals surface area contributed by atoms with Crippen LogP contribution in [0.3, 0.4) is 0 Å². The third-order valence-electron chi connectivity index (χ3n) is 4.31. The monoisotopic (exact) mass is 404 g/mol. The highest BCUT2D eigenvalue weighted by Crippen LogP contribution is 2.39. The molecule has 0 saturated heterocycles. The lowest BCUT2D eigenvalue weighted by atomic mass is 10.3. The molecule has 0 fully saturated rings. The van der Waals surface area contributed by atoms with Crippen LogP contribution in [0.2, 0.25) is 0 Å². The van der Waals surface area contributed by atoms with Gasteiger partial charge in [-0.1, -0.05) is 17.4 Å². The van der Waals surface area contributed by atoms with Crippen molar-refractivity contribution in [3.8, 4) is 11.5 Å². The molecule has 6 nitrogen and oxygen atoms in total. The van der Waals surface area contributed by atoms with Crippen molar-refractivity contribution in [1.82, 2.24) is 4.98 Å². The molecule has 27 heavy (non-hydrogen) atoms. The summed E-state index contributed by atoms with van der Waals surface area (Å²) in [5.41, 5.74) is 0.835. The molecule has 0 unspecified atom stereocenters. The molecule has 0 bridgehead atoms. The summed E-state index contributed by atoms with van der Waals surface area (Å²) in [4.78, 5) is 21.7. The van der Waals surface area contributed by atoms with E-state index in [0.29, 0.717) is 19.8 Å². The second-order valence-electron chi connectivity index (χ2n) is 6.70. The Bertz CT molecular complexity index is 894. The maximum atomic E-state index is 13.1. The largest absolute Gasteiger partial charge is 0.486 e. The normalized spacial score (nSPS) is 13.3. The molecule has 1 amide bonds. The van der Waals surface area contributed by atoms with Gasteiger partial charge in [0.2, 0.25) is 0 Å². The van der Waals surface area contributed by atoms with Gasteiger partial charge in [-0.3, -0.25) is 9.69 Å². The molecular formula is C19H22N3O3S2+. The van der Waals surface area contributed by atoms with Gasteiger partial charge >= 0.3 is 0 Å². The molecule has 3 heterocycles. The van der Waals surface area contributed by atoms with Crippen LogP contribution in [0.5, 0.6) is 11.5 Å². The first kappa shape index (κ1) is 18.2. The number of quaternary nitrogens is 1. The number of nitrogens with zero attached hydrogens (tertiary/aromatic N) is 2. The summed E-state index contributed by atoms with van der Waals surface area (Å²) < 4.78 is 12.3. The van der Waals surface area contributed by atoms with Gasteiger partial charge in [0.25, 0.3) is 5.91 Å². The van der Waals surface area contributed by atoms with Crippen LogP contribution in [-0.2, 0) is 0 Å². The van der Waals surface area contributed by atoms with Gasteiger partial charge in [0.05, 0.1) is 35.7 Å². The van der Waals surface area contributed by atoms with Crippen LogP contribution in [0.25, 0.3) is 10.2 Å². The zero-order valence-electron chi connectivity index (χ0n) is 15.4. The van der Waals surface area contributed by atoms with E-state index >= 15 is 0 Å². The van der Waals surface area contributed by atoms with Crippen LogP contribution in [0.15, 0.2) is 29.6 Å². The van der Waals surface area contributed by atoms with Gasteiger partial charge in [-0.2, -0.15) is 0 Å². The number of anilines is 1. The molecule has 0 saturated carbocycles. The number of amides is 1. The number of nitrogens with one attached hydrogen (secondary N) is 1. The van der Waals surface area contributed by atoms with Crippen molar-refractivity contribution >= 4 is 43.9 Å². The Labute approximate surface area is 165 Å². The molecule has 0 aliphatic carbocycles. The highest BCUT2D eigenvalue weighted by atomic mass is 32.1. The fraction of sp³-hybridized carbons (Fsp3) is 0.368. The molecule has 4 rings (SSSR count). The molecule has 0 spiro atoms. The maximum Gasteiger partial charge on any atom is 0.270 e. The number of thiazole rings is 1. The van der Waals surface area contributed by atoms with Crippen LogP contribution in [0.1, 0.15) is 16.1 Å². The Morgan fingerprint density at radius 3 is 2.74 bits per heavy atom. The summed E-state index contributed by atoms with van der Waals surface area (Å²) in [7, 11) is 4.24. The molecule has 3 aromatic rings. The molecule has 1 aliphatic rings. The highest BCUT2D eigenvalue weighted by molar-refractivity contribution is 7.22. The van der Waals surface area contributed by atoms with E-state index in [4.69, 9.17) is 14.5 Å². The Kier molecular flexibility index (Phi) is 5.29. The van der Waals surface area contributed by atoms with Gasteiger partial charge in [0.15, 0.2) is 16.6 Å². The molecule has 1 aliphatic heterocycles. The highest BCUT2D eigenvalue weighted by Gasteiger charge is 2.23. The fourth-order valence-electron chi connectivity index (χ4n) is 2.98. The Hall–Kier alpha value is -2.16. The van der Waals surface area contributed by atoms with Gasteiger partial charge in [-0.05, 0) is 11.4 Å². The van der Waals surface area contributed by atoms with Crippen LogP contribution >= 0.6 is 22.7 Å². The number of fused-ring (bicyclic) bond motifs is 2. The molecule has 142 valence electrons. The lowest BCUT2D eigenvalue weighted by Gasteiger charge is -2.19. The Morgan fingerprint density at radius 1 is 1.26 bits per heavy atom. The van der Waals surface area contributed by atoms with E-state index in [2.05, 4.69) is 14.1 Å². The summed E-state index contributed by atoms with van der Waals surface area (Å²) in [5.74, 6) is 1.48.